The van der Waals surface area contributed by atoms with Crippen molar-refractivity contribution in [2.75, 3.05) is 11.4 Å². The summed E-state index contributed by atoms with van der Waals surface area (Å²) in [5, 5.41) is 0. The van der Waals surface area contributed by atoms with Gasteiger partial charge in [0.2, 0.25) is 11.8 Å². The quantitative estimate of drug-likeness (QED) is 0.536. The van der Waals surface area contributed by atoms with Gasteiger partial charge in [0.25, 0.3) is 5.91 Å². The van der Waals surface area contributed by atoms with Gasteiger partial charge in [-0.2, -0.15) is 0 Å². The molecule has 1 heterocycles. The molecule has 1 aliphatic carbocycles. The molecule has 1 atom stereocenters. The van der Waals surface area contributed by atoms with E-state index in [1.165, 1.54) is 4.90 Å². The Kier molecular flexibility index (Phi) is 5.22. The van der Waals surface area contributed by atoms with Crippen LogP contribution in [0, 0.1) is 16.7 Å². The molecule has 29 heavy (non-hydrogen) atoms. The number of anilines is 1. The lowest BCUT2D eigenvalue weighted by Crippen LogP contribution is -2.47. The fraction of sp³-hybridized carbons (Fsp3) is 0.542. The maximum absolute atomic E-state index is 13.3. The Hall–Kier alpha value is -2.43. The van der Waals surface area contributed by atoms with Crippen LogP contribution < -0.4 is 4.90 Å². The highest BCUT2D eigenvalue weighted by Crippen LogP contribution is 2.68. The summed E-state index contributed by atoms with van der Waals surface area (Å²) in [6.45, 7) is 16.5. The van der Waals surface area contributed by atoms with E-state index < -0.39 is 6.04 Å². The van der Waals surface area contributed by atoms with E-state index in [0.717, 1.165) is 5.56 Å². The summed E-state index contributed by atoms with van der Waals surface area (Å²) in [5.41, 5.74) is 1.43. The lowest BCUT2D eigenvalue weighted by Gasteiger charge is -2.27. The van der Waals surface area contributed by atoms with Crippen molar-refractivity contribution < 1.29 is 14.4 Å². The summed E-state index contributed by atoms with van der Waals surface area (Å²) in [4.78, 5) is 42.0. The minimum Gasteiger partial charge on any atom is -0.326 e. The van der Waals surface area contributed by atoms with Crippen molar-refractivity contribution in [3.05, 3.63) is 42.5 Å². The van der Waals surface area contributed by atoms with E-state index in [-0.39, 0.29) is 47.4 Å². The van der Waals surface area contributed by atoms with Crippen molar-refractivity contribution in [3.8, 4) is 0 Å². The molecule has 5 heteroatoms. The average molecular weight is 397 g/mol. The Morgan fingerprint density at radius 3 is 2.17 bits per heavy atom. The van der Waals surface area contributed by atoms with Crippen LogP contribution in [0.5, 0.6) is 0 Å². The van der Waals surface area contributed by atoms with Gasteiger partial charge in [0.05, 0.1) is 12.1 Å². The van der Waals surface area contributed by atoms with Crippen molar-refractivity contribution in [2.24, 2.45) is 16.7 Å². The molecule has 1 saturated heterocycles. The van der Waals surface area contributed by atoms with Gasteiger partial charge in [0.15, 0.2) is 0 Å². The molecule has 156 valence electrons. The molecule has 2 fully saturated rings. The standard InChI is InChI=1S/C24H32N2O3/c1-8-13-25(22(29)20-23(4,5)24(20,6)7)18-14-19(27)26(21(18)28)17-11-9-16(10-12-17)15(2)3/h8-12,15,18,20H,1,13-14H2,2-7H3. The van der Waals surface area contributed by atoms with Crippen LogP contribution in [-0.2, 0) is 14.4 Å². The van der Waals surface area contributed by atoms with Gasteiger partial charge in [0, 0.05) is 12.5 Å². The van der Waals surface area contributed by atoms with Crippen LogP contribution in [0.2, 0.25) is 0 Å². The van der Waals surface area contributed by atoms with E-state index in [0.29, 0.717) is 11.6 Å². The third-order valence-corrected chi connectivity index (χ3v) is 7.19. The van der Waals surface area contributed by atoms with Gasteiger partial charge in [0.1, 0.15) is 6.04 Å². The van der Waals surface area contributed by atoms with Crippen LogP contribution in [0.15, 0.2) is 36.9 Å². The number of carbonyl (C=O) groups excluding carboxylic acids is 3. The number of rotatable bonds is 6. The monoisotopic (exact) mass is 396 g/mol. The topological polar surface area (TPSA) is 57.7 Å². The third kappa shape index (κ3) is 3.30. The first-order valence-electron chi connectivity index (χ1n) is 10.3. The molecule has 2 aliphatic rings. The molecular formula is C24H32N2O3. The highest BCUT2D eigenvalue weighted by molar-refractivity contribution is 6.23. The van der Waals surface area contributed by atoms with Crippen molar-refractivity contribution in [3.63, 3.8) is 0 Å². The van der Waals surface area contributed by atoms with Crippen molar-refractivity contribution in [1.82, 2.24) is 4.90 Å². The molecule has 0 radical (unpaired) electrons. The lowest BCUT2D eigenvalue weighted by molar-refractivity contribution is -0.139. The number of hydrogen-bond acceptors (Lipinski definition) is 3. The number of hydrogen-bond donors (Lipinski definition) is 0. The summed E-state index contributed by atoms with van der Waals surface area (Å²) >= 11 is 0. The maximum Gasteiger partial charge on any atom is 0.257 e. The molecule has 1 unspecified atom stereocenters. The van der Waals surface area contributed by atoms with Crippen LogP contribution in [0.1, 0.15) is 59.4 Å². The van der Waals surface area contributed by atoms with Gasteiger partial charge in [-0.25, -0.2) is 4.90 Å². The fourth-order valence-electron chi connectivity index (χ4n) is 4.63. The lowest BCUT2D eigenvalue weighted by atomic mass is 10.0. The fourth-order valence-corrected chi connectivity index (χ4v) is 4.63. The second kappa shape index (κ2) is 7.12. The van der Waals surface area contributed by atoms with Crippen molar-refractivity contribution in [2.45, 2.75) is 59.9 Å². The minimum atomic E-state index is -0.773. The molecule has 0 bridgehead atoms. The molecule has 5 nitrogen and oxygen atoms in total. The van der Waals surface area contributed by atoms with Crippen molar-refractivity contribution in [1.29, 1.82) is 0 Å². The van der Waals surface area contributed by atoms with Crippen LogP contribution in [-0.4, -0.2) is 35.2 Å². The first kappa shape index (κ1) is 21.3. The maximum atomic E-state index is 13.3. The second-order valence-corrected chi connectivity index (χ2v) is 9.69. The summed E-state index contributed by atoms with van der Waals surface area (Å²) in [7, 11) is 0. The average Bonchev–Trinajstić information content (AvgIpc) is 2.88. The number of imide groups is 1. The third-order valence-electron chi connectivity index (χ3n) is 7.19. The Morgan fingerprint density at radius 2 is 1.72 bits per heavy atom. The zero-order valence-electron chi connectivity index (χ0n) is 18.4. The van der Waals surface area contributed by atoms with Gasteiger partial charge in [-0.3, -0.25) is 14.4 Å². The molecule has 1 aromatic carbocycles. The van der Waals surface area contributed by atoms with Crippen LogP contribution >= 0.6 is 0 Å². The van der Waals surface area contributed by atoms with E-state index in [9.17, 15) is 14.4 Å². The van der Waals surface area contributed by atoms with Gasteiger partial charge in [-0.15, -0.1) is 6.58 Å². The first-order valence-corrected chi connectivity index (χ1v) is 10.3. The molecular weight excluding hydrogens is 364 g/mol. The highest BCUT2D eigenvalue weighted by Gasteiger charge is 2.69. The van der Waals surface area contributed by atoms with E-state index in [1.807, 2.05) is 12.1 Å². The zero-order valence-corrected chi connectivity index (χ0v) is 18.4. The number of nitrogens with zero attached hydrogens (tertiary/aromatic N) is 2. The number of benzene rings is 1. The molecule has 0 aromatic heterocycles. The van der Waals surface area contributed by atoms with Crippen LogP contribution in [0.3, 0.4) is 0 Å². The minimum absolute atomic E-state index is 0.0118. The molecule has 0 N–H and O–H groups in total. The van der Waals surface area contributed by atoms with Gasteiger partial charge >= 0.3 is 0 Å². The van der Waals surface area contributed by atoms with E-state index in [2.05, 4.69) is 48.1 Å². The Labute approximate surface area is 173 Å². The Bertz CT molecular complexity index is 837. The summed E-state index contributed by atoms with van der Waals surface area (Å²) in [6.07, 6.45) is 1.63. The predicted molar refractivity (Wildman–Crippen MR) is 114 cm³/mol. The molecule has 1 saturated carbocycles. The molecule has 3 rings (SSSR count). The molecule has 0 spiro atoms. The van der Waals surface area contributed by atoms with E-state index >= 15 is 0 Å². The zero-order chi connectivity index (χ0) is 21.7. The number of carbonyl (C=O) groups is 3. The summed E-state index contributed by atoms with van der Waals surface area (Å²) in [6, 6.07) is 6.72. The highest BCUT2D eigenvalue weighted by atomic mass is 16.2. The van der Waals surface area contributed by atoms with Crippen LogP contribution in [0.4, 0.5) is 5.69 Å². The largest absolute Gasteiger partial charge is 0.326 e. The van der Waals surface area contributed by atoms with Gasteiger partial charge in [-0.1, -0.05) is 59.8 Å². The van der Waals surface area contributed by atoms with Gasteiger partial charge < -0.3 is 4.90 Å². The molecule has 1 aromatic rings. The van der Waals surface area contributed by atoms with Crippen LogP contribution in [0.25, 0.3) is 0 Å². The van der Waals surface area contributed by atoms with Gasteiger partial charge in [-0.05, 0) is 34.4 Å². The SMILES string of the molecule is C=CCN(C(=O)C1C(C)(C)C1(C)C)C1CC(=O)N(c2ccc(C(C)C)cc2)C1=O. The smallest absolute Gasteiger partial charge is 0.257 e. The Morgan fingerprint density at radius 1 is 1.17 bits per heavy atom. The predicted octanol–water partition coefficient (Wildman–Crippen LogP) is 4.14. The first-order chi connectivity index (χ1) is 13.4. The summed E-state index contributed by atoms with van der Waals surface area (Å²) in [5.74, 6) is -0.472. The summed E-state index contributed by atoms with van der Waals surface area (Å²) < 4.78 is 0. The van der Waals surface area contributed by atoms with E-state index in [4.69, 9.17) is 0 Å². The Balaban J connectivity index is 1.86. The molecule has 1 aliphatic heterocycles. The van der Waals surface area contributed by atoms with E-state index in [1.54, 1.807) is 23.1 Å². The number of amides is 3. The second-order valence-electron chi connectivity index (χ2n) is 9.69. The molecule has 3 amide bonds. The normalized spacial score (nSPS) is 22.9. The van der Waals surface area contributed by atoms with Crippen molar-refractivity contribution >= 4 is 23.4 Å².